The Kier molecular flexibility index (Phi) is 5.53. The summed E-state index contributed by atoms with van der Waals surface area (Å²) in [5.41, 5.74) is 10.5. The monoisotopic (exact) mass is 372 g/mol. The number of hydrogen-bond acceptors (Lipinski definition) is 1. The first-order valence-electron chi connectivity index (χ1n) is 11.0. The Morgan fingerprint density at radius 1 is 1.04 bits per heavy atom. The van der Waals surface area contributed by atoms with Gasteiger partial charge in [-0.05, 0) is 98.1 Å². The van der Waals surface area contributed by atoms with Gasteiger partial charge < -0.3 is 0 Å². The highest BCUT2D eigenvalue weighted by Gasteiger charge is 2.31. The Bertz CT molecular complexity index is 900. The van der Waals surface area contributed by atoms with Crippen molar-refractivity contribution < 1.29 is 4.79 Å². The maximum Gasteiger partial charge on any atom is 0.133 e. The SMILES string of the molecule is CC(=O)C1Cc2cc3c(c(C)c2C1)C=C(C1CC1)CC3.CCc1ccccc1. The number of allylic oxidation sites excluding steroid dienone is 1. The Labute approximate surface area is 169 Å². The van der Waals surface area contributed by atoms with Crippen molar-refractivity contribution in [2.45, 2.75) is 65.7 Å². The van der Waals surface area contributed by atoms with Crippen LogP contribution in [0.1, 0.15) is 66.5 Å². The zero-order chi connectivity index (χ0) is 19.7. The summed E-state index contributed by atoms with van der Waals surface area (Å²) in [6.45, 7) is 6.18. The van der Waals surface area contributed by atoms with Gasteiger partial charge in [0.1, 0.15) is 5.78 Å². The van der Waals surface area contributed by atoms with Crippen LogP contribution in [0.3, 0.4) is 0 Å². The normalized spacial score (nSPS) is 19.8. The lowest BCUT2D eigenvalue weighted by molar-refractivity contribution is -0.120. The van der Waals surface area contributed by atoms with E-state index in [4.69, 9.17) is 0 Å². The molecule has 0 spiro atoms. The minimum absolute atomic E-state index is 0.236. The third-order valence-corrected chi connectivity index (χ3v) is 6.80. The summed E-state index contributed by atoms with van der Waals surface area (Å²) in [7, 11) is 0. The van der Waals surface area contributed by atoms with Crippen LogP contribution in [0, 0.1) is 18.8 Å². The quantitative estimate of drug-likeness (QED) is 0.619. The molecule has 1 heteroatoms. The largest absolute Gasteiger partial charge is 0.300 e. The second kappa shape index (κ2) is 8.07. The Morgan fingerprint density at radius 3 is 2.39 bits per heavy atom. The predicted molar refractivity (Wildman–Crippen MR) is 118 cm³/mol. The Balaban J connectivity index is 0.000000203. The molecule has 5 rings (SSSR count). The molecular weight excluding hydrogens is 340 g/mol. The van der Waals surface area contributed by atoms with Gasteiger partial charge in [0, 0.05) is 5.92 Å². The molecule has 2 aromatic rings. The topological polar surface area (TPSA) is 17.1 Å². The number of carbonyl (C=O) groups is 1. The molecule has 3 aliphatic carbocycles. The van der Waals surface area contributed by atoms with Crippen molar-refractivity contribution >= 4 is 11.9 Å². The van der Waals surface area contributed by atoms with E-state index in [2.05, 4.69) is 50.3 Å². The summed E-state index contributed by atoms with van der Waals surface area (Å²) in [4.78, 5) is 11.7. The zero-order valence-corrected chi connectivity index (χ0v) is 17.6. The number of ketones is 1. The third kappa shape index (κ3) is 3.99. The molecule has 1 atom stereocenters. The number of rotatable bonds is 3. The van der Waals surface area contributed by atoms with Gasteiger partial charge in [-0.1, -0.05) is 55.0 Å². The van der Waals surface area contributed by atoms with Crippen molar-refractivity contribution in [1.82, 2.24) is 0 Å². The predicted octanol–water partition coefficient (Wildman–Crippen LogP) is 6.29. The Morgan fingerprint density at radius 2 is 1.79 bits per heavy atom. The summed E-state index contributed by atoms with van der Waals surface area (Å²) in [5.74, 6) is 1.48. The highest BCUT2D eigenvalue weighted by Crippen LogP contribution is 2.44. The third-order valence-electron chi connectivity index (χ3n) is 6.80. The van der Waals surface area contributed by atoms with Crippen molar-refractivity contribution in [2.24, 2.45) is 11.8 Å². The molecule has 146 valence electrons. The van der Waals surface area contributed by atoms with E-state index in [-0.39, 0.29) is 5.92 Å². The van der Waals surface area contributed by atoms with Gasteiger partial charge in [0.05, 0.1) is 0 Å². The van der Waals surface area contributed by atoms with Crippen molar-refractivity contribution in [3.63, 3.8) is 0 Å². The molecule has 0 bridgehead atoms. The fourth-order valence-electron chi connectivity index (χ4n) is 4.79. The van der Waals surface area contributed by atoms with E-state index in [9.17, 15) is 4.79 Å². The van der Waals surface area contributed by atoms with Crippen LogP contribution in [0.4, 0.5) is 0 Å². The first-order valence-corrected chi connectivity index (χ1v) is 11.0. The summed E-state index contributed by atoms with van der Waals surface area (Å²) in [5, 5.41) is 0. The van der Waals surface area contributed by atoms with Crippen LogP contribution in [-0.2, 0) is 30.5 Å². The molecule has 1 unspecified atom stereocenters. The maximum atomic E-state index is 11.7. The molecule has 2 aromatic carbocycles. The average Bonchev–Trinajstić information content (AvgIpc) is 3.48. The van der Waals surface area contributed by atoms with Crippen LogP contribution in [0.5, 0.6) is 0 Å². The van der Waals surface area contributed by atoms with Gasteiger partial charge in [0.25, 0.3) is 0 Å². The molecule has 3 aliphatic rings. The van der Waals surface area contributed by atoms with Gasteiger partial charge in [-0.25, -0.2) is 0 Å². The molecule has 1 fully saturated rings. The lowest BCUT2D eigenvalue weighted by Crippen LogP contribution is -2.10. The second-order valence-corrected chi connectivity index (χ2v) is 8.76. The Hall–Kier alpha value is -2.15. The van der Waals surface area contributed by atoms with Crippen molar-refractivity contribution in [1.29, 1.82) is 0 Å². The van der Waals surface area contributed by atoms with Crippen LogP contribution in [-0.4, -0.2) is 5.78 Å². The second-order valence-electron chi connectivity index (χ2n) is 8.76. The van der Waals surface area contributed by atoms with Gasteiger partial charge >= 0.3 is 0 Å². The number of benzene rings is 2. The molecule has 0 amide bonds. The minimum atomic E-state index is 0.236. The average molecular weight is 373 g/mol. The summed E-state index contributed by atoms with van der Waals surface area (Å²) >= 11 is 0. The van der Waals surface area contributed by atoms with Crippen LogP contribution in [0.2, 0.25) is 0 Å². The van der Waals surface area contributed by atoms with Crippen LogP contribution in [0.15, 0.2) is 42.0 Å². The molecule has 0 aliphatic heterocycles. The van der Waals surface area contributed by atoms with Crippen LogP contribution < -0.4 is 0 Å². The first kappa shape index (κ1) is 19.2. The van der Waals surface area contributed by atoms with Gasteiger partial charge in [-0.3, -0.25) is 4.79 Å². The number of aryl methyl sites for hydroxylation is 2. The zero-order valence-electron chi connectivity index (χ0n) is 17.6. The van der Waals surface area contributed by atoms with Gasteiger partial charge in [0.15, 0.2) is 0 Å². The van der Waals surface area contributed by atoms with E-state index in [0.717, 1.165) is 25.2 Å². The summed E-state index contributed by atoms with van der Waals surface area (Å²) in [6.07, 6.45) is 10.8. The van der Waals surface area contributed by atoms with Gasteiger partial charge in [-0.15, -0.1) is 0 Å². The number of hydrogen-bond donors (Lipinski definition) is 0. The minimum Gasteiger partial charge on any atom is -0.300 e. The van der Waals surface area contributed by atoms with E-state index >= 15 is 0 Å². The van der Waals surface area contributed by atoms with Gasteiger partial charge in [-0.2, -0.15) is 0 Å². The molecule has 0 aromatic heterocycles. The van der Waals surface area contributed by atoms with E-state index in [0.29, 0.717) is 5.78 Å². The lowest BCUT2D eigenvalue weighted by atomic mass is 9.84. The maximum absolute atomic E-state index is 11.7. The lowest BCUT2D eigenvalue weighted by Gasteiger charge is -2.21. The molecule has 1 nitrogen and oxygen atoms in total. The number of Topliss-reactive ketones (excluding diaryl/α,β-unsaturated/α-hetero) is 1. The summed E-state index contributed by atoms with van der Waals surface area (Å²) < 4.78 is 0. The smallest absolute Gasteiger partial charge is 0.133 e. The fraction of sp³-hybridized carbons (Fsp3) is 0.444. The fourth-order valence-corrected chi connectivity index (χ4v) is 4.79. The van der Waals surface area contributed by atoms with Crippen molar-refractivity contribution in [2.75, 3.05) is 0 Å². The molecule has 28 heavy (non-hydrogen) atoms. The summed E-state index contributed by atoms with van der Waals surface area (Å²) in [6, 6.07) is 12.9. The number of carbonyl (C=O) groups excluding carboxylic acids is 1. The molecule has 1 saturated carbocycles. The van der Waals surface area contributed by atoms with Gasteiger partial charge in [0.2, 0.25) is 0 Å². The standard InChI is InChI=1S/C19H22O.C8H10/c1-11-18-9-14(13-3-4-13)5-6-15(18)7-17-8-16(12(2)20)10-19(11)17;1-2-8-6-4-3-5-7-8/h7,9,13,16H,3-6,8,10H2,1-2H3;3-7H,2H2,1H3. The van der Waals surface area contributed by atoms with E-state index < -0.39 is 0 Å². The van der Waals surface area contributed by atoms with Crippen LogP contribution in [0.25, 0.3) is 6.08 Å². The van der Waals surface area contributed by atoms with E-state index in [1.807, 2.05) is 6.07 Å². The highest BCUT2D eigenvalue weighted by atomic mass is 16.1. The van der Waals surface area contributed by atoms with Crippen molar-refractivity contribution in [3.05, 3.63) is 75.4 Å². The molecule has 0 N–H and O–H groups in total. The van der Waals surface area contributed by atoms with Crippen LogP contribution >= 0.6 is 0 Å². The number of fused-ring (bicyclic) bond motifs is 2. The molecule has 0 heterocycles. The molecule has 0 radical (unpaired) electrons. The highest BCUT2D eigenvalue weighted by molar-refractivity contribution is 5.80. The van der Waals surface area contributed by atoms with E-state index in [1.165, 1.54) is 59.1 Å². The van der Waals surface area contributed by atoms with E-state index in [1.54, 1.807) is 12.5 Å². The first-order chi connectivity index (χ1) is 13.6. The molecular formula is C27H32O. The van der Waals surface area contributed by atoms with Crippen molar-refractivity contribution in [3.8, 4) is 0 Å². The molecule has 0 saturated heterocycles.